The summed E-state index contributed by atoms with van der Waals surface area (Å²) in [6.45, 7) is 14.5. The number of carbonyl (C=O) groups excluding carboxylic acids is 1. The average Bonchev–Trinajstić information content (AvgIpc) is 2.82. The molecule has 8 nitrogen and oxygen atoms in total. The quantitative estimate of drug-likeness (QED) is 0.241. The number of aryl methyl sites for hydroxylation is 1. The maximum absolute atomic E-state index is 16.1. The average molecular weight is 700 g/mol. The molecule has 0 unspecified atom stereocenters. The zero-order valence-corrected chi connectivity index (χ0v) is 26.3. The first-order valence-electron chi connectivity index (χ1n) is 12.5. The number of anilines is 1. The van der Waals surface area contributed by atoms with Crippen LogP contribution >= 0.6 is 38.5 Å². The summed E-state index contributed by atoms with van der Waals surface area (Å²) in [5, 5.41) is 0.519. The Bertz CT molecular complexity index is 1470. The van der Waals surface area contributed by atoms with Crippen molar-refractivity contribution in [1.82, 2.24) is 19.4 Å². The van der Waals surface area contributed by atoms with E-state index in [1.54, 1.807) is 11.1 Å². The number of amides is 1. The fourth-order valence-electron chi connectivity index (χ4n) is 4.75. The molecule has 1 aromatic carbocycles. The summed E-state index contributed by atoms with van der Waals surface area (Å²) in [5.41, 5.74) is 1.00. The number of benzene rings is 1. The molecule has 0 radical (unpaired) electrons. The van der Waals surface area contributed by atoms with Crippen LogP contribution in [0.5, 0.6) is 0 Å². The smallest absolute Gasteiger partial charge is 0.410 e. The Morgan fingerprint density at radius 3 is 2.58 bits per heavy atom. The zero-order chi connectivity index (χ0) is 28.1. The molecule has 1 fully saturated rings. The van der Waals surface area contributed by atoms with Gasteiger partial charge in [0.15, 0.2) is 5.82 Å². The zero-order valence-electron chi connectivity index (χ0n) is 22.6. The fourth-order valence-corrected chi connectivity index (χ4v) is 5.60. The van der Waals surface area contributed by atoms with E-state index in [1.807, 2.05) is 65.5 Å². The van der Waals surface area contributed by atoms with E-state index in [9.17, 15) is 9.59 Å². The number of fused-ring (bicyclic) bond motifs is 1. The monoisotopic (exact) mass is 699 g/mol. The van der Waals surface area contributed by atoms with Crippen LogP contribution in [-0.2, 0) is 4.74 Å². The minimum atomic E-state index is -0.597. The van der Waals surface area contributed by atoms with Gasteiger partial charge in [0.2, 0.25) is 0 Å². The lowest BCUT2D eigenvalue weighted by Gasteiger charge is -2.41. The molecule has 3 heterocycles. The van der Waals surface area contributed by atoms with E-state index < -0.39 is 17.1 Å². The van der Waals surface area contributed by atoms with Crippen molar-refractivity contribution < 1.29 is 13.9 Å². The number of ether oxygens (including phenoxy) is 1. The van der Waals surface area contributed by atoms with Crippen LogP contribution in [0.3, 0.4) is 0 Å². The molecule has 2 aromatic heterocycles. The number of piperazine rings is 1. The van der Waals surface area contributed by atoms with Crippen LogP contribution in [0.2, 0.25) is 0 Å². The Hall–Kier alpha value is -2.28. The molecule has 0 spiro atoms. The molecule has 1 atom stereocenters. The predicted octanol–water partition coefficient (Wildman–Crippen LogP) is 6.16. The fraction of sp³-hybridized carbons (Fsp3) is 0.481. The number of pyridine rings is 1. The van der Waals surface area contributed by atoms with Gasteiger partial charge in [-0.05, 0) is 96.8 Å². The van der Waals surface area contributed by atoms with Gasteiger partial charge in [-0.3, -0.25) is 9.55 Å². The Morgan fingerprint density at radius 2 is 1.97 bits per heavy atom. The lowest BCUT2D eigenvalue weighted by molar-refractivity contribution is 0.0218. The summed E-state index contributed by atoms with van der Waals surface area (Å²) in [7, 11) is 0. The summed E-state index contributed by atoms with van der Waals surface area (Å²) in [6, 6.07) is 3.47. The Balaban J connectivity index is 1.90. The summed E-state index contributed by atoms with van der Waals surface area (Å²) in [4.78, 5) is 39.1. The number of carbonyl (C=O) groups is 1. The van der Waals surface area contributed by atoms with E-state index in [1.165, 1.54) is 4.57 Å². The second-order valence-electron chi connectivity index (χ2n) is 10.9. The van der Waals surface area contributed by atoms with Crippen LogP contribution in [0.15, 0.2) is 27.6 Å². The van der Waals surface area contributed by atoms with E-state index in [4.69, 9.17) is 4.74 Å². The molecule has 0 aliphatic carbocycles. The van der Waals surface area contributed by atoms with E-state index in [0.29, 0.717) is 45.8 Å². The molecule has 11 heteroatoms. The minimum absolute atomic E-state index is 0.00262. The highest BCUT2D eigenvalue weighted by molar-refractivity contribution is 14.1. The molecule has 38 heavy (non-hydrogen) atoms. The summed E-state index contributed by atoms with van der Waals surface area (Å²) >= 11 is 5.44. The van der Waals surface area contributed by atoms with E-state index >= 15 is 4.39 Å². The molecule has 1 aliphatic heterocycles. The van der Waals surface area contributed by atoms with Crippen molar-refractivity contribution in [2.45, 2.75) is 66.0 Å². The number of hydrogen-bond acceptors (Lipinski definition) is 6. The third-order valence-electron chi connectivity index (χ3n) is 6.47. The first-order valence-corrected chi connectivity index (χ1v) is 14.4. The van der Waals surface area contributed by atoms with Gasteiger partial charge in [-0.2, -0.15) is 4.98 Å². The summed E-state index contributed by atoms with van der Waals surface area (Å²) in [5.74, 6) is -0.136. The van der Waals surface area contributed by atoms with Crippen molar-refractivity contribution in [3.63, 3.8) is 0 Å². The first-order chi connectivity index (χ1) is 17.7. The maximum Gasteiger partial charge on any atom is 0.410 e. The van der Waals surface area contributed by atoms with Crippen LogP contribution < -0.4 is 10.6 Å². The SMILES string of the molecule is Cc1ccnc(C(C)C)c1-n1c(=O)nc(N2CCN(C(=O)OC(C)(C)C)C[C@@H]2C)c2cc(I)c(Br)c(F)c21. The Kier molecular flexibility index (Phi) is 8.09. The molecule has 204 valence electrons. The predicted molar refractivity (Wildman–Crippen MR) is 159 cm³/mol. The van der Waals surface area contributed by atoms with E-state index in [0.717, 1.165) is 5.56 Å². The highest BCUT2D eigenvalue weighted by Crippen LogP contribution is 2.36. The molecule has 4 rings (SSSR count). The summed E-state index contributed by atoms with van der Waals surface area (Å²) < 4.78 is 23.9. The van der Waals surface area contributed by atoms with Gasteiger partial charge in [-0.15, -0.1) is 0 Å². The van der Waals surface area contributed by atoms with Crippen molar-refractivity contribution in [2.24, 2.45) is 0 Å². The van der Waals surface area contributed by atoms with Gasteiger partial charge in [0.05, 0.1) is 21.4 Å². The van der Waals surface area contributed by atoms with Gasteiger partial charge in [0.1, 0.15) is 11.4 Å². The third kappa shape index (κ3) is 5.41. The Morgan fingerprint density at radius 1 is 1.29 bits per heavy atom. The van der Waals surface area contributed by atoms with Crippen molar-refractivity contribution in [2.75, 3.05) is 24.5 Å². The molecule has 3 aromatic rings. The van der Waals surface area contributed by atoms with Crippen LogP contribution in [0.1, 0.15) is 58.7 Å². The Labute approximate surface area is 243 Å². The van der Waals surface area contributed by atoms with Gasteiger partial charge in [-0.25, -0.2) is 14.0 Å². The van der Waals surface area contributed by atoms with Gasteiger partial charge in [0, 0.05) is 40.8 Å². The normalized spacial score (nSPS) is 16.4. The highest BCUT2D eigenvalue weighted by atomic mass is 127. The molecular formula is C27H32BrFIN5O3. The lowest BCUT2D eigenvalue weighted by atomic mass is 10.0. The molecule has 0 N–H and O–H groups in total. The topological polar surface area (TPSA) is 80.6 Å². The van der Waals surface area contributed by atoms with Gasteiger partial charge in [-0.1, -0.05) is 13.8 Å². The van der Waals surface area contributed by atoms with Gasteiger partial charge < -0.3 is 14.5 Å². The number of rotatable bonds is 3. The maximum atomic E-state index is 16.1. The number of nitrogens with zero attached hydrogens (tertiary/aromatic N) is 5. The second kappa shape index (κ2) is 10.7. The molecule has 0 saturated carbocycles. The molecule has 1 saturated heterocycles. The van der Waals surface area contributed by atoms with Crippen molar-refractivity contribution in [3.8, 4) is 5.69 Å². The standard InChI is InChI=1S/C27H32BrFIN5O3/c1-14(2)21-22(15(3)8-9-31-21)35-23-17(12-18(30)19(28)20(23)29)24(32-25(35)36)34-11-10-33(13-16(34)4)26(37)38-27(5,6)7/h8-9,12,14,16H,10-11,13H2,1-7H3/t16-/m0/s1. The molecule has 1 aliphatic rings. The lowest BCUT2D eigenvalue weighted by Crippen LogP contribution is -2.55. The van der Waals surface area contributed by atoms with E-state index in [-0.39, 0.29) is 28.0 Å². The van der Waals surface area contributed by atoms with Gasteiger partial charge >= 0.3 is 11.8 Å². The number of halogens is 3. The van der Waals surface area contributed by atoms with Crippen molar-refractivity contribution in [3.05, 3.63) is 53.9 Å². The van der Waals surface area contributed by atoms with Crippen LogP contribution in [0.4, 0.5) is 15.0 Å². The van der Waals surface area contributed by atoms with Crippen LogP contribution in [0.25, 0.3) is 16.6 Å². The number of aromatic nitrogens is 3. The molecule has 1 amide bonds. The van der Waals surface area contributed by atoms with Crippen molar-refractivity contribution in [1.29, 1.82) is 0 Å². The second-order valence-corrected chi connectivity index (χ2v) is 12.9. The minimum Gasteiger partial charge on any atom is -0.444 e. The van der Waals surface area contributed by atoms with Gasteiger partial charge in [0.25, 0.3) is 0 Å². The summed E-state index contributed by atoms with van der Waals surface area (Å²) in [6.07, 6.45) is 1.32. The largest absolute Gasteiger partial charge is 0.444 e. The van der Waals surface area contributed by atoms with E-state index in [2.05, 4.69) is 48.5 Å². The van der Waals surface area contributed by atoms with Crippen molar-refractivity contribution >= 4 is 61.3 Å². The third-order valence-corrected chi connectivity index (χ3v) is 8.84. The van der Waals surface area contributed by atoms with Crippen LogP contribution in [-0.4, -0.2) is 56.8 Å². The highest BCUT2D eigenvalue weighted by Gasteiger charge is 2.33. The number of hydrogen-bond donors (Lipinski definition) is 0. The van der Waals surface area contributed by atoms with Crippen LogP contribution in [0, 0.1) is 16.3 Å². The first kappa shape index (κ1) is 28.7. The molecular weight excluding hydrogens is 668 g/mol. The molecule has 0 bridgehead atoms.